The van der Waals surface area contributed by atoms with Crippen molar-refractivity contribution < 1.29 is 163 Å². The number of amides is 4. The van der Waals surface area contributed by atoms with Crippen LogP contribution in [0.3, 0.4) is 0 Å². The summed E-state index contributed by atoms with van der Waals surface area (Å²) in [6, 6.07) is -7.09. The van der Waals surface area contributed by atoms with E-state index in [4.69, 9.17) is 52.1 Å². The molecule has 84 heavy (non-hydrogen) atoms. The number of hydrogen-bond acceptors (Lipinski definition) is 32. The molecule has 31 atom stereocenters. The molecule has 0 unspecified atom stereocenters. The third-order valence-electron chi connectivity index (χ3n) is 15.0. The Kier molecular flexibility index (Phi) is 24.4. The molecule has 6 saturated heterocycles. The zero-order chi connectivity index (χ0) is 62.6. The number of aliphatic hydroxyl groups is 16. The maximum absolute atomic E-state index is 13.3. The molecule has 6 fully saturated rings. The van der Waals surface area contributed by atoms with Gasteiger partial charge in [0.05, 0.1) is 51.3 Å². The molecule has 21 N–H and O–H groups in total. The van der Waals surface area contributed by atoms with Crippen molar-refractivity contribution in [2.45, 2.75) is 231 Å². The van der Waals surface area contributed by atoms with Gasteiger partial charge in [-0.25, -0.2) is 4.79 Å². The molecule has 0 saturated carbocycles. The maximum atomic E-state index is 13.3. The lowest BCUT2D eigenvalue weighted by atomic mass is 9.88. The average Bonchev–Trinajstić information content (AvgIpc) is 2.74. The molecule has 0 radical (unpaired) electrons. The van der Waals surface area contributed by atoms with Crippen LogP contribution in [0.25, 0.3) is 0 Å². The molecule has 0 spiro atoms. The third-order valence-corrected chi connectivity index (χ3v) is 15.0. The highest BCUT2D eigenvalue weighted by molar-refractivity contribution is 5.77. The Bertz CT molecular complexity index is 2200. The van der Waals surface area contributed by atoms with Gasteiger partial charge in [-0.3, -0.25) is 19.2 Å². The van der Waals surface area contributed by atoms with Crippen molar-refractivity contribution in [3.05, 3.63) is 0 Å². The molecule has 0 aliphatic carbocycles. The quantitative estimate of drug-likeness (QED) is 0.0479. The lowest BCUT2D eigenvalue weighted by molar-refractivity contribution is -0.389. The van der Waals surface area contributed by atoms with Gasteiger partial charge in [0.2, 0.25) is 23.6 Å². The highest BCUT2D eigenvalue weighted by Crippen LogP contribution is 2.39. The zero-order valence-electron chi connectivity index (χ0n) is 45.7. The number of carboxylic acid groups (broad SMARTS) is 1. The predicted molar refractivity (Wildman–Crippen MR) is 261 cm³/mol. The van der Waals surface area contributed by atoms with Gasteiger partial charge in [0.1, 0.15) is 134 Å². The van der Waals surface area contributed by atoms with Crippen LogP contribution in [0.4, 0.5) is 0 Å². The minimum atomic E-state index is -3.04. The van der Waals surface area contributed by atoms with E-state index in [-0.39, 0.29) is 0 Å². The number of carbonyl (C=O) groups is 5. The summed E-state index contributed by atoms with van der Waals surface area (Å²) < 4.78 is 64.9. The van der Waals surface area contributed by atoms with Gasteiger partial charge in [-0.15, -0.1) is 0 Å². The summed E-state index contributed by atoms with van der Waals surface area (Å²) in [7, 11) is 0. The van der Waals surface area contributed by atoms with E-state index in [9.17, 15) is 111 Å². The minimum Gasteiger partial charge on any atom is -0.477 e. The summed E-state index contributed by atoms with van der Waals surface area (Å²) in [6.07, 6.45) is -52.6. The molecule has 4 amide bonds. The molecule has 6 aliphatic rings. The molecule has 6 rings (SSSR count). The van der Waals surface area contributed by atoms with Gasteiger partial charge in [-0.2, -0.15) is 0 Å². The van der Waals surface area contributed by atoms with E-state index in [1.807, 2.05) is 0 Å². The SMILES string of the molecule is CC(=O)N[C@@H]1[C@@H](O[C@@H]2O[C@H](CO)[C@@H](O[C@@H]3O[C@H](CO)[C@H](O)[C@H](O[C@@H]4O[C@H](CO)[C@@H](O)[C@H](O)[C@H]4NC(C)=O)[C@H]3O)[C@H](O[C@@H]3O[C@@H](C)[C@@H](O)[C@@H](O)[C@@H]3O)[C@H]2NC(C)=O)[C@@H](O)[C@@H](CO[C@]2(C(=O)O)C[C@H](O)[C@@H](NC(C)=O)[C@H]([C@H](O)[C@H](O)CO)O2)O[C@@H]1O. The molecule has 0 aromatic rings. The number of aliphatic hydroxyl groups excluding tert-OH is 16. The van der Waals surface area contributed by atoms with Crippen molar-refractivity contribution in [2.75, 3.05) is 33.0 Å². The van der Waals surface area contributed by atoms with Crippen molar-refractivity contribution in [1.29, 1.82) is 0 Å². The van der Waals surface area contributed by atoms with Crippen LogP contribution in [0.1, 0.15) is 41.0 Å². The van der Waals surface area contributed by atoms with E-state index in [0.29, 0.717) is 0 Å². The number of carbonyl (C=O) groups excluding carboxylic acids is 4. The Morgan fingerprint density at radius 3 is 1.55 bits per heavy atom. The smallest absolute Gasteiger partial charge is 0.364 e. The molecule has 37 nitrogen and oxygen atoms in total. The topological polar surface area (TPSA) is 579 Å². The molecule has 0 bridgehead atoms. The molecule has 6 aliphatic heterocycles. The fourth-order valence-corrected chi connectivity index (χ4v) is 10.7. The van der Waals surface area contributed by atoms with Crippen LogP contribution in [-0.4, -0.2) is 339 Å². The summed E-state index contributed by atoms with van der Waals surface area (Å²) in [5.41, 5.74) is 0. The van der Waals surface area contributed by atoms with Gasteiger partial charge in [0.25, 0.3) is 5.79 Å². The number of aliphatic carboxylic acids is 1. The Balaban J connectivity index is 1.37. The first-order chi connectivity index (χ1) is 39.4. The largest absolute Gasteiger partial charge is 0.477 e. The van der Waals surface area contributed by atoms with Crippen molar-refractivity contribution in [2.24, 2.45) is 0 Å². The first-order valence-electron chi connectivity index (χ1n) is 26.6. The minimum absolute atomic E-state index is 0.789. The first kappa shape index (κ1) is 69.4. The van der Waals surface area contributed by atoms with Crippen molar-refractivity contribution in [3.63, 3.8) is 0 Å². The Morgan fingerprint density at radius 2 is 0.976 bits per heavy atom. The van der Waals surface area contributed by atoms with Crippen LogP contribution < -0.4 is 21.3 Å². The van der Waals surface area contributed by atoms with Gasteiger partial charge in [-0.1, -0.05) is 0 Å². The molecule has 0 aromatic carbocycles. The second-order valence-corrected chi connectivity index (χ2v) is 21.1. The van der Waals surface area contributed by atoms with Crippen LogP contribution in [0.2, 0.25) is 0 Å². The van der Waals surface area contributed by atoms with Crippen molar-refractivity contribution >= 4 is 29.6 Å². The standard InChI is InChI=1S/C47H78N4O33/c1-12-27(62)33(68)34(69)44(75-12)82-39-26(51-16(5)59)43(79-21(10-55)36(39)80-45-35(70)40(30(65)20(9-54)78-45)83-42-24(49-14(3)57)32(67)29(64)19(8-53)77-42)81-37-25(50-15(4)58)41(71)76-22(31(37)66)11-74-47(46(72)73)6-17(60)23(48-13(2)56)38(84-47)28(63)18(61)7-52/h12,17-45,52-55,60-71H,6-11H2,1-5H3,(H,48,56)(H,49,57)(H,50,58)(H,51,59)(H,72,73)/t12-,17-,18+,19+,20+,21+,22+,23+,24+,25+,26+,27+,28+,29+,30-,31-,32+,33+,34-,35+,36+,37+,38+,39+,40-,41-,42-,43-,44-,45-,47+/m0/s1. The Hall–Kier alpha value is -3.73. The molecule has 37 heteroatoms. The number of carboxylic acids is 1. The average molecular weight is 1230 g/mol. The van der Waals surface area contributed by atoms with Crippen LogP contribution in [0.5, 0.6) is 0 Å². The van der Waals surface area contributed by atoms with E-state index < -0.39 is 259 Å². The lowest BCUT2D eigenvalue weighted by Crippen LogP contribution is -2.72. The highest BCUT2D eigenvalue weighted by Gasteiger charge is 2.60. The van der Waals surface area contributed by atoms with E-state index >= 15 is 0 Å². The molecule has 484 valence electrons. The van der Waals surface area contributed by atoms with Gasteiger partial charge in [0.15, 0.2) is 31.5 Å². The van der Waals surface area contributed by atoms with Gasteiger partial charge in [0, 0.05) is 34.1 Å². The number of ether oxygens (including phenoxy) is 11. The van der Waals surface area contributed by atoms with Gasteiger partial charge >= 0.3 is 5.97 Å². The molecule has 0 aromatic heterocycles. The zero-order valence-corrected chi connectivity index (χ0v) is 45.7. The highest BCUT2D eigenvalue weighted by atomic mass is 16.8. The lowest BCUT2D eigenvalue weighted by Gasteiger charge is -2.52. The fraction of sp³-hybridized carbons (Fsp3) is 0.894. The van der Waals surface area contributed by atoms with Crippen molar-refractivity contribution in [3.8, 4) is 0 Å². The van der Waals surface area contributed by atoms with E-state index in [0.717, 1.165) is 27.7 Å². The van der Waals surface area contributed by atoms with Crippen LogP contribution in [-0.2, 0) is 76.1 Å². The summed E-state index contributed by atoms with van der Waals surface area (Å²) in [4.78, 5) is 63.3. The summed E-state index contributed by atoms with van der Waals surface area (Å²) in [5.74, 6) is -8.48. The Morgan fingerprint density at radius 1 is 0.500 bits per heavy atom. The van der Waals surface area contributed by atoms with Gasteiger partial charge in [-0.05, 0) is 6.92 Å². The second-order valence-electron chi connectivity index (χ2n) is 21.1. The summed E-state index contributed by atoms with van der Waals surface area (Å²) >= 11 is 0. The predicted octanol–water partition coefficient (Wildman–Crippen LogP) is -13.3. The second kappa shape index (κ2) is 29.5. The summed E-state index contributed by atoms with van der Waals surface area (Å²) in [6.45, 7) is -0.229. The molecule has 6 heterocycles. The van der Waals surface area contributed by atoms with Crippen LogP contribution in [0, 0.1) is 0 Å². The fourth-order valence-electron chi connectivity index (χ4n) is 10.7. The third kappa shape index (κ3) is 15.4. The number of nitrogens with one attached hydrogen (secondary N) is 4. The van der Waals surface area contributed by atoms with Crippen LogP contribution in [0.15, 0.2) is 0 Å². The van der Waals surface area contributed by atoms with E-state index in [1.54, 1.807) is 0 Å². The van der Waals surface area contributed by atoms with Crippen molar-refractivity contribution in [1.82, 2.24) is 21.3 Å². The van der Waals surface area contributed by atoms with E-state index in [1.165, 1.54) is 6.92 Å². The first-order valence-corrected chi connectivity index (χ1v) is 26.6. The maximum Gasteiger partial charge on any atom is 0.364 e. The summed E-state index contributed by atoms with van der Waals surface area (Å²) in [5, 5.41) is 194. The molecular formula is C47H78N4O33. The molecular weight excluding hydrogens is 1150 g/mol. The number of rotatable bonds is 22. The van der Waals surface area contributed by atoms with Crippen LogP contribution >= 0.6 is 0 Å². The Labute approximate surface area is 476 Å². The number of hydrogen-bond donors (Lipinski definition) is 21. The monoisotopic (exact) mass is 1230 g/mol. The van der Waals surface area contributed by atoms with Gasteiger partial charge < -0.3 is 160 Å². The normalized spacial score (nSPS) is 45.3. The van der Waals surface area contributed by atoms with E-state index in [2.05, 4.69) is 21.3 Å².